The van der Waals surface area contributed by atoms with Crippen LogP contribution in [0.1, 0.15) is 24.5 Å². The number of hydrogen-bond acceptors (Lipinski definition) is 5. The Morgan fingerprint density at radius 3 is 2.30 bits per heavy atom. The van der Waals surface area contributed by atoms with Crippen molar-refractivity contribution in [1.29, 1.82) is 0 Å². The van der Waals surface area contributed by atoms with Gasteiger partial charge in [-0.25, -0.2) is 17.6 Å². The van der Waals surface area contributed by atoms with Crippen LogP contribution in [0.2, 0.25) is 0 Å². The molecule has 0 heterocycles. The molecule has 144 valence electrons. The predicted octanol–water partition coefficient (Wildman–Crippen LogP) is 2.98. The molecule has 0 spiro atoms. The molecular formula is C20H21FO5S. The largest absolute Gasteiger partial charge is 0.463 e. The van der Waals surface area contributed by atoms with E-state index in [2.05, 4.69) is 0 Å². The van der Waals surface area contributed by atoms with E-state index in [-0.39, 0.29) is 30.1 Å². The molecule has 0 amide bonds. The molecule has 0 aliphatic heterocycles. The van der Waals surface area contributed by atoms with Crippen LogP contribution in [0.5, 0.6) is 0 Å². The average Bonchev–Trinajstić information content (AvgIpc) is 2.61. The quantitative estimate of drug-likeness (QED) is 0.579. The highest BCUT2D eigenvalue weighted by Crippen LogP contribution is 2.30. The van der Waals surface area contributed by atoms with Gasteiger partial charge < -0.3 is 9.84 Å². The van der Waals surface area contributed by atoms with Crippen LogP contribution in [-0.2, 0) is 19.4 Å². The van der Waals surface area contributed by atoms with Gasteiger partial charge in [0.15, 0.2) is 9.84 Å². The van der Waals surface area contributed by atoms with Crippen molar-refractivity contribution in [2.75, 3.05) is 19.5 Å². The summed E-state index contributed by atoms with van der Waals surface area (Å²) in [5, 5.41) is 9.41. The summed E-state index contributed by atoms with van der Waals surface area (Å²) >= 11 is 0. The predicted molar refractivity (Wildman–Crippen MR) is 100 cm³/mol. The summed E-state index contributed by atoms with van der Waals surface area (Å²) in [6.45, 7) is 1.52. The lowest BCUT2D eigenvalue weighted by Gasteiger charge is -2.16. The first kappa shape index (κ1) is 20.8. The lowest BCUT2D eigenvalue weighted by Crippen LogP contribution is -2.12. The fraction of sp³-hybridized carbons (Fsp3) is 0.250. The van der Waals surface area contributed by atoms with Gasteiger partial charge in [-0.2, -0.15) is 0 Å². The lowest BCUT2D eigenvalue weighted by atomic mass is 9.91. The number of carbonyl (C=O) groups is 1. The Morgan fingerprint density at radius 1 is 1.11 bits per heavy atom. The highest BCUT2D eigenvalue weighted by molar-refractivity contribution is 7.90. The fourth-order valence-electron chi connectivity index (χ4n) is 2.69. The van der Waals surface area contributed by atoms with Crippen molar-refractivity contribution < 1.29 is 27.4 Å². The normalized spacial score (nSPS) is 12.4. The minimum Gasteiger partial charge on any atom is -0.463 e. The maximum Gasteiger partial charge on any atom is 0.334 e. The topological polar surface area (TPSA) is 80.7 Å². The van der Waals surface area contributed by atoms with E-state index in [1.807, 2.05) is 0 Å². The van der Waals surface area contributed by atoms with E-state index in [0.29, 0.717) is 16.7 Å². The third-order valence-corrected chi connectivity index (χ3v) is 5.00. The molecule has 0 saturated carbocycles. The second-order valence-corrected chi connectivity index (χ2v) is 7.87. The highest BCUT2D eigenvalue weighted by atomic mass is 32.2. The molecule has 2 rings (SSSR count). The highest BCUT2D eigenvalue weighted by Gasteiger charge is 2.20. The molecule has 0 bridgehead atoms. The van der Waals surface area contributed by atoms with Crippen molar-refractivity contribution in [1.82, 2.24) is 0 Å². The van der Waals surface area contributed by atoms with E-state index in [4.69, 9.17) is 4.74 Å². The van der Waals surface area contributed by atoms with Crippen molar-refractivity contribution in [3.05, 3.63) is 71.0 Å². The Hall–Kier alpha value is -2.51. The Balaban J connectivity index is 2.72. The van der Waals surface area contributed by atoms with E-state index in [9.17, 15) is 22.7 Å². The van der Waals surface area contributed by atoms with Gasteiger partial charge >= 0.3 is 5.97 Å². The van der Waals surface area contributed by atoms with E-state index in [1.165, 1.54) is 30.3 Å². The fourth-order valence-corrected chi connectivity index (χ4v) is 3.32. The van der Waals surface area contributed by atoms with Crippen molar-refractivity contribution in [2.45, 2.75) is 18.2 Å². The monoisotopic (exact) mass is 392 g/mol. The van der Waals surface area contributed by atoms with Crippen LogP contribution in [0.4, 0.5) is 4.39 Å². The van der Waals surface area contributed by atoms with Gasteiger partial charge in [-0.1, -0.05) is 24.3 Å². The van der Waals surface area contributed by atoms with Crippen molar-refractivity contribution in [2.24, 2.45) is 0 Å². The molecule has 5 nitrogen and oxygen atoms in total. The summed E-state index contributed by atoms with van der Waals surface area (Å²) in [6.07, 6.45) is 1.11. The number of aliphatic hydroxyl groups is 1. The van der Waals surface area contributed by atoms with Crippen molar-refractivity contribution in [3.8, 4) is 0 Å². The third-order valence-electron chi connectivity index (χ3n) is 3.87. The first-order valence-corrected chi connectivity index (χ1v) is 10.2. The van der Waals surface area contributed by atoms with E-state index < -0.39 is 21.6 Å². The number of rotatable bonds is 7. The minimum atomic E-state index is -3.38. The van der Waals surface area contributed by atoms with Crippen molar-refractivity contribution in [3.63, 3.8) is 0 Å². The Kier molecular flexibility index (Phi) is 6.87. The maximum atomic E-state index is 13.8. The second kappa shape index (κ2) is 8.92. The van der Waals surface area contributed by atoms with Gasteiger partial charge in [-0.05, 0) is 47.9 Å². The number of benzene rings is 2. The molecule has 0 saturated heterocycles. The van der Waals surface area contributed by atoms with Gasteiger partial charge in [0.2, 0.25) is 0 Å². The summed E-state index contributed by atoms with van der Waals surface area (Å²) in [5.74, 6) is -1.09. The summed E-state index contributed by atoms with van der Waals surface area (Å²) in [7, 11) is -3.38. The Bertz CT molecular complexity index is 947. The molecule has 7 heteroatoms. The number of esters is 1. The third kappa shape index (κ3) is 5.24. The SMILES string of the molecule is CCOC(=O)/C(CCO)=C(\c1ccc(S(C)(=O)=O)cc1)c1cccc(F)c1. The molecule has 0 aliphatic carbocycles. The lowest BCUT2D eigenvalue weighted by molar-refractivity contribution is -0.138. The zero-order chi connectivity index (χ0) is 20.0. The van der Waals surface area contributed by atoms with Gasteiger partial charge in [0.1, 0.15) is 5.82 Å². The number of sulfone groups is 1. The van der Waals surface area contributed by atoms with Crippen LogP contribution < -0.4 is 0 Å². The van der Waals surface area contributed by atoms with Crippen LogP contribution in [0.15, 0.2) is 59.0 Å². The van der Waals surface area contributed by atoms with Gasteiger partial charge in [0, 0.05) is 24.9 Å². The molecule has 0 aliphatic rings. The molecule has 0 fully saturated rings. The summed E-state index contributed by atoms with van der Waals surface area (Å²) < 4.78 is 42.3. The number of ether oxygens (including phenoxy) is 1. The molecule has 2 aromatic carbocycles. The van der Waals surface area contributed by atoms with Crippen LogP contribution in [0, 0.1) is 5.82 Å². The molecule has 27 heavy (non-hydrogen) atoms. The minimum absolute atomic E-state index is 0.0124. The average molecular weight is 392 g/mol. The first-order chi connectivity index (χ1) is 12.8. The van der Waals surface area contributed by atoms with E-state index in [1.54, 1.807) is 25.1 Å². The first-order valence-electron chi connectivity index (χ1n) is 8.35. The standard InChI is InChI=1S/C20H21FO5S/c1-3-26-20(23)18(11-12-22)19(15-5-4-6-16(21)13-15)14-7-9-17(10-8-14)27(2,24)25/h4-10,13,22H,3,11-12H2,1-2H3/b19-18+. The van der Waals surface area contributed by atoms with Gasteiger partial charge in [0.05, 0.1) is 11.5 Å². The molecule has 0 aromatic heterocycles. The number of aliphatic hydroxyl groups excluding tert-OH is 1. The van der Waals surface area contributed by atoms with Crippen LogP contribution in [-0.4, -0.2) is 39.0 Å². The molecular weight excluding hydrogens is 371 g/mol. The Morgan fingerprint density at radius 2 is 1.78 bits per heavy atom. The zero-order valence-electron chi connectivity index (χ0n) is 15.1. The van der Waals surface area contributed by atoms with Crippen LogP contribution in [0.25, 0.3) is 5.57 Å². The Labute approximate surface area is 158 Å². The second-order valence-electron chi connectivity index (χ2n) is 5.85. The van der Waals surface area contributed by atoms with Gasteiger partial charge in [0.25, 0.3) is 0 Å². The van der Waals surface area contributed by atoms with Crippen LogP contribution in [0.3, 0.4) is 0 Å². The summed E-state index contributed by atoms with van der Waals surface area (Å²) in [6, 6.07) is 11.6. The van der Waals surface area contributed by atoms with Crippen LogP contribution >= 0.6 is 0 Å². The summed E-state index contributed by atoms with van der Waals surface area (Å²) in [5.41, 5.74) is 1.53. The molecule has 0 radical (unpaired) electrons. The molecule has 0 unspecified atom stereocenters. The zero-order valence-corrected chi connectivity index (χ0v) is 15.9. The summed E-state index contributed by atoms with van der Waals surface area (Å²) in [4.78, 5) is 12.6. The van der Waals surface area contributed by atoms with Gasteiger partial charge in [-0.15, -0.1) is 0 Å². The van der Waals surface area contributed by atoms with E-state index >= 15 is 0 Å². The molecule has 0 atom stereocenters. The van der Waals surface area contributed by atoms with Crippen molar-refractivity contribution >= 4 is 21.4 Å². The number of halogens is 1. The smallest absolute Gasteiger partial charge is 0.334 e. The van der Waals surface area contributed by atoms with E-state index in [0.717, 1.165) is 6.26 Å². The molecule has 2 aromatic rings. The number of hydrogen-bond donors (Lipinski definition) is 1. The van der Waals surface area contributed by atoms with Gasteiger partial charge in [-0.3, -0.25) is 0 Å². The number of carbonyl (C=O) groups excluding carboxylic acids is 1. The molecule has 1 N–H and O–H groups in total. The maximum absolute atomic E-state index is 13.8.